The van der Waals surface area contributed by atoms with Crippen molar-refractivity contribution in [3.63, 3.8) is 0 Å². The van der Waals surface area contributed by atoms with Gasteiger partial charge in [-0.3, -0.25) is 4.99 Å². The van der Waals surface area contributed by atoms with Gasteiger partial charge in [-0.05, 0) is 38.8 Å². The summed E-state index contributed by atoms with van der Waals surface area (Å²) in [5.74, 6) is 1.16. The highest BCUT2D eigenvalue weighted by molar-refractivity contribution is 7.92. The van der Waals surface area contributed by atoms with E-state index in [0.717, 1.165) is 18.1 Å². The third kappa shape index (κ3) is 4.20. The topological polar surface area (TPSA) is 82.0 Å². The van der Waals surface area contributed by atoms with Gasteiger partial charge in [0.1, 0.15) is 5.75 Å². The maximum absolute atomic E-state index is 12.2. The Labute approximate surface area is 144 Å². The quantitative estimate of drug-likeness (QED) is 0.632. The summed E-state index contributed by atoms with van der Waals surface area (Å²) in [5.41, 5.74) is 0.860. The standard InChI is InChI=1S/C17H27N3O3S/c1-4-18-16(19-10-9-14-7-5-6-8-15(14)21)20-11-12-24(22,23)17(2,3)13-20/h5-8,21H,4,9-13H2,1-3H3,(H,18,19). The Hall–Kier alpha value is -1.76. The number of guanidine groups is 1. The average Bonchev–Trinajstić information content (AvgIpc) is 2.51. The summed E-state index contributed by atoms with van der Waals surface area (Å²) in [7, 11) is -3.07. The van der Waals surface area contributed by atoms with E-state index in [0.29, 0.717) is 26.1 Å². The van der Waals surface area contributed by atoms with Crippen LogP contribution in [0.1, 0.15) is 26.3 Å². The number of hydrogen-bond donors (Lipinski definition) is 2. The van der Waals surface area contributed by atoms with E-state index in [9.17, 15) is 13.5 Å². The summed E-state index contributed by atoms with van der Waals surface area (Å²) in [6.07, 6.45) is 0.636. The van der Waals surface area contributed by atoms with Crippen LogP contribution in [0.3, 0.4) is 0 Å². The molecule has 1 aliphatic rings. The Kier molecular flexibility index (Phi) is 5.74. The predicted molar refractivity (Wildman–Crippen MR) is 97.2 cm³/mol. The first-order valence-corrected chi connectivity index (χ1v) is 9.94. The van der Waals surface area contributed by atoms with Gasteiger partial charge in [0.2, 0.25) is 0 Å². The van der Waals surface area contributed by atoms with E-state index < -0.39 is 14.6 Å². The zero-order chi connectivity index (χ0) is 17.8. The van der Waals surface area contributed by atoms with Gasteiger partial charge in [0, 0.05) is 26.2 Å². The molecule has 0 spiro atoms. The lowest BCUT2D eigenvalue weighted by Gasteiger charge is -2.39. The highest BCUT2D eigenvalue weighted by Crippen LogP contribution is 2.23. The SMILES string of the molecule is CCNC(=NCCc1ccccc1O)N1CCS(=O)(=O)C(C)(C)C1. The van der Waals surface area contributed by atoms with Crippen molar-refractivity contribution < 1.29 is 13.5 Å². The van der Waals surface area contributed by atoms with Crippen molar-refractivity contribution in [2.45, 2.75) is 31.9 Å². The van der Waals surface area contributed by atoms with Gasteiger partial charge < -0.3 is 15.3 Å². The van der Waals surface area contributed by atoms with Crippen molar-refractivity contribution in [1.82, 2.24) is 10.2 Å². The van der Waals surface area contributed by atoms with Crippen LogP contribution in [0.4, 0.5) is 0 Å². The molecule has 134 valence electrons. The number of phenols is 1. The number of rotatable bonds is 4. The minimum absolute atomic E-state index is 0.143. The van der Waals surface area contributed by atoms with Crippen molar-refractivity contribution in [2.75, 3.05) is 31.9 Å². The van der Waals surface area contributed by atoms with Gasteiger partial charge >= 0.3 is 0 Å². The molecule has 7 heteroatoms. The van der Waals surface area contributed by atoms with Gasteiger partial charge in [-0.2, -0.15) is 0 Å². The van der Waals surface area contributed by atoms with Crippen LogP contribution in [0.25, 0.3) is 0 Å². The fourth-order valence-corrected chi connectivity index (χ4v) is 4.12. The van der Waals surface area contributed by atoms with E-state index in [2.05, 4.69) is 10.3 Å². The number of nitrogens with one attached hydrogen (secondary N) is 1. The summed E-state index contributed by atoms with van der Waals surface area (Å²) in [6, 6.07) is 7.24. The number of para-hydroxylation sites is 1. The van der Waals surface area contributed by atoms with Gasteiger partial charge in [0.15, 0.2) is 15.8 Å². The maximum atomic E-state index is 12.2. The highest BCUT2D eigenvalue weighted by atomic mass is 32.2. The predicted octanol–water partition coefficient (Wildman–Crippen LogP) is 1.41. The van der Waals surface area contributed by atoms with Crippen LogP contribution < -0.4 is 5.32 Å². The molecule has 0 bridgehead atoms. The summed E-state index contributed by atoms with van der Waals surface area (Å²) in [5, 5.41) is 13.0. The summed E-state index contributed by atoms with van der Waals surface area (Å²) < 4.78 is 23.5. The molecule has 0 aromatic heterocycles. The Bertz CT molecular complexity index is 699. The Morgan fingerprint density at radius 1 is 1.38 bits per heavy atom. The Balaban J connectivity index is 2.07. The molecule has 0 atom stereocenters. The lowest BCUT2D eigenvalue weighted by molar-refractivity contribution is 0.353. The normalized spacial score (nSPS) is 20.0. The van der Waals surface area contributed by atoms with Crippen molar-refractivity contribution in [3.05, 3.63) is 29.8 Å². The molecule has 1 fully saturated rings. The molecule has 0 amide bonds. The molecule has 24 heavy (non-hydrogen) atoms. The molecule has 1 saturated heterocycles. The van der Waals surface area contributed by atoms with E-state index in [1.54, 1.807) is 26.0 Å². The number of aliphatic imine (C=N–C) groups is 1. The van der Waals surface area contributed by atoms with E-state index in [1.165, 1.54) is 0 Å². The summed E-state index contributed by atoms with van der Waals surface area (Å²) >= 11 is 0. The largest absolute Gasteiger partial charge is 0.508 e. The first-order valence-electron chi connectivity index (χ1n) is 8.29. The first kappa shape index (κ1) is 18.6. The molecule has 1 aliphatic heterocycles. The number of benzene rings is 1. The third-order valence-electron chi connectivity index (χ3n) is 4.31. The van der Waals surface area contributed by atoms with Gasteiger partial charge in [-0.15, -0.1) is 0 Å². The molecule has 1 aromatic carbocycles. The first-order chi connectivity index (χ1) is 11.3. The second-order valence-electron chi connectivity index (χ2n) is 6.61. The van der Waals surface area contributed by atoms with Crippen molar-refractivity contribution in [1.29, 1.82) is 0 Å². The number of phenolic OH excluding ortho intramolecular Hbond substituents is 1. The van der Waals surface area contributed by atoms with Crippen LogP contribution in [0.15, 0.2) is 29.3 Å². The minimum Gasteiger partial charge on any atom is -0.508 e. The van der Waals surface area contributed by atoms with Crippen LogP contribution in [-0.2, 0) is 16.3 Å². The molecule has 1 heterocycles. The Morgan fingerprint density at radius 3 is 2.71 bits per heavy atom. The lowest BCUT2D eigenvalue weighted by atomic mass is 10.1. The monoisotopic (exact) mass is 353 g/mol. The molecule has 2 rings (SSSR count). The molecule has 0 radical (unpaired) electrons. The molecule has 6 nitrogen and oxygen atoms in total. The molecule has 0 aliphatic carbocycles. The summed E-state index contributed by atoms with van der Waals surface area (Å²) in [4.78, 5) is 6.62. The molecule has 1 aromatic rings. The highest BCUT2D eigenvalue weighted by Gasteiger charge is 2.40. The molecule has 0 saturated carbocycles. The number of aromatic hydroxyl groups is 1. The van der Waals surface area contributed by atoms with Crippen molar-refractivity contribution in [2.24, 2.45) is 4.99 Å². The summed E-state index contributed by atoms with van der Waals surface area (Å²) in [6.45, 7) is 7.65. The van der Waals surface area contributed by atoms with Gasteiger partial charge in [0.25, 0.3) is 0 Å². The zero-order valence-corrected chi connectivity index (χ0v) is 15.4. The smallest absolute Gasteiger partial charge is 0.194 e. The molecular weight excluding hydrogens is 326 g/mol. The fraction of sp³-hybridized carbons (Fsp3) is 0.588. The number of hydrogen-bond acceptors (Lipinski definition) is 4. The second-order valence-corrected chi connectivity index (χ2v) is 9.36. The lowest BCUT2D eigenvalue weighted by Crippen LogP contribution is -2.57. The number of sulfone groups is 1. The van der Waals surface area contributed by atoms with Gasteiger partial charge in [0.05, 0.1) is 10.5 Å². The molecule has 0 unspecified atom stereocenters. The van der Waals surface area contributed by atoms with Crippen molar-refractivity contribution >= 4 is 15.8 Å². The van der Waals surface area contributed by atoms with Crippen LogP contribution >= 0.6 is 0 Å². The van der Waals surface area contributed by atoms with E-state index in [4.69, 9.17) is 0 Å². The fourth-order valence-electron chi connectivity index (χ4n) is 2.75. The molecule has 2 N–H and O–H groups in total. The van der Waals surface area contributed by atoms with Gasteiger partial charge in [-0.25, -0.2) is 8.42 Å². The third-order valence-corrected chi connectivity index (χ3v) is 6.85. The van der Waals surface area contributed by atoms with Crippen LogP contribution in [0.2, 0.25) is 0 Å². The number of nitrogens with zero attached hydrogens (tertiary/aromatic N) is 2. The molecular formula is C17H27N3O3S. The van der Waals surface area contributed by atoms with Crippen LogP contribution in [-0.4, -0.2) is 61.1 Å². The van der Waals surface area contributed by atoms with Crippen molar-refractivity contribution in [3.8, 4) is 5.75 Å². The Morgan fingerprint density at radius 2 is 2.08 bits per heavy atom. The minimum atomic E-state index is -3.07. The average molecular weight is 353 g/mol. The van der Waals surface area contributed by atoms with E-state index in [1.807, 2.05) is 24.0 Å². The van der Waals surface area contributed by atoms with Crippen LogP contribution in [0.5, 0.6) is 5.75 Å². The maximum Gasteiger partial charge on any atom is 0.194 e. The zero-order valence-electron chi connectivity index (χ0n) is 14.6. The van der Waals surface area contributed by atoms with E-state index >= 15 is 0 Å². The van der Waals surface area contributed by atoms with Gasteiger partial charge in [-0.1, -0.05) is 18.2 Å². The van der Waals surface area contributed by atoms with Crippen LogP contribution in [0, 0.1) is 0 Å². The van der Waals surface area contributed by atoms with E-state index in [-0.39, 0.29) is 11.5 Å². The second kappa shape index (κ2) is 7.42.